The van der Waals surface area contributed by atoms with Crippen LogP contribution >= 0.6 is 0 Å². The number of nitrogens with one attached hydrogen (secondary N) is 1. The van der Waals surface area contributed by atoms with Crippen LogP contribution in [0.5, 0.6) is 5.75 Å². The molecule has 0 radical (unpaired) electrons. The number of aliphatic hydroxyl groups excluding tert-OH is 1. The Hall–Kier alpha value is -1.10. The van der Waals surface area contributed by atoms with E-state index >= 15 is 0 Å². The van der Waals surface area contributed by atoms with Crippen molar-refractivity contribution in [3.63, 3.8) is 0 Å². The Labute approximate surface area is 115 Å². The first-order valence-electron chi connectivity index (χ1n) is 6.90. The van der Waals surface area contributed by atoms with E-state index in [1.54, 1.807) is 7.11 Å². The van der Waals surface area contributed by atoms with Gasteiger partial charge in [-0.2, -0.15) is 0 Å². The highest BCUT2D eigenvalue weighted by atomic mass is 16.5. The number of ether oxygens (including phenoxy) is 1. The molecule has 4 nitrogen and oxygen atoms in total. The maximum absolute atomic E-state index is 10.1. The molecule has 2 atom stereocenters. The number of likely N-dealkylation sites (tertiary alicyclic amines) is 1. The summed E-state index contributed by atoms with van der Waals surface area (Å²) in [6.45, 7) is 3.93. The smallest absolute Gasteiger partial charge is 0.118 e. The van der Waals surface area contributed by atoms with Crippen molar-refractivity contribution in [1.29, 1.82) is 0 Å². The van der Waals surface area contributed by atoms with E-state index < -0.39 is 6.10 Å². The molecule has 1 saturated heterocycles. The highest BCUT2D eigenvalue weighted by Crippen LogP contribution is 2.17. The van der Waals surface area contributed by atoms with Gasteiger partial charge in [-0.15, -0.1) is 0 Å². The highest BCUT2D eigenvalue weighted by Gasteiger charge is 2.19. The molecule has 2 N–H and O–H groups in total. The second-order valence-electron chi connectivity index (χ2n) is 5.36. The van der Waals surface area contributed by atoms with Gasteiger partial charge >= 0.3 is 0 Å². The number of hydrogen-bond donors (Lipinski definition) is 2. The van der Waals surface area contributed by atoms with Crippen molar-refractivity contribution in [3.8, 4) is 5.75 Å². The van der Waals surface area contributed by atoms with E-state index in [2.05, 4.69) is 17.3 Å². The lowest BCUT2D eigenvalue weighted by atomic mass is 10.1. The van der Waals surface area contributed by atoms with Crippen LogP contribution in [-0.2, 0) is 0 Å². The number of nitrogens with zero attached hydrogens (tertiary/aromatic N) is 1. The van der Waals surface area contributed by atoms with Crippen molar-refractivity contribution >= 4 is 0 Å². The molecule has 1 aromatic carbocycles. The first kappa shape index (κ1) is 14.3. The molecule has 1 aliphatic rings. The predicted molar refractivity (Wildman–Crippen MR) is 76.4 cm³/mol. The fourth-order valence-electron chi connectivity index (χ4n) is 2.56. The SMILES string of the molecule is COc1ccc(C(O)CNCC2CCN(C)C2)cc1. The number of methoxy groups -OCH3 is 1. The Bertz CT molecular complexity index is 380. The second-order valence-corrected chi connectivity index (χ2v) is 5.36. The Kier molecular flexibility index (Phi) is 5.19. The summed E-state index contributed by atoms with van der Waals surface area (Å²) in [4.78, 5) is 2.35. The largest absolute Gasteiger partial charge is 0.497 e. The standard InChI is InChI=1S/C15H24N2O2/c1-17-8-7-12(11-17)9-16-10-15(18)13-3-5-14(19-2)6-4-13/h3-6,12,15-16,18H,7-11H2,1-2H3. The maximum atomic E-state index is 10.1. The monoisotopic (exact) mass is 264 g/mol. The lowest BCUT2D eigenvalue weighted by Gasteiger charge is -2.15. The normalized spacial score (nSPS) is 21.5. The topological polar surface area (TPSA) is 44.7 Å². The molecule has 0 spiro atoms. The maximum Gasteiger partial charge on any atom is 0.118 e. The molecule has 0 bridgehead atoms. The Morgan fingerprint density at radius 3 is 2.74 bits per heavy atom. The fraction of sp³-hybridized carbons (Fsp3) is 0.600. The third kappa shape index (κ3) is 4.20. The van der Waals surface area contributed by atoms with Crippen LogP contribution in [0.4, 0.5) is 0 Å². The average Bonchev–Trinajstić information content (AvgIpc) is 2.84. The Morgan fingerprint density at radius 2 is 2.16 bits per heavy atom. The summed E-state index contributed by atoms with van der Waals surface area (Å²) < 4.78 is 5.11. The van der Waals surface area contributed by atoms with Gasteiger partial charge in [0.05, 0.1) is 13.2 Å². The second kappa shape index (κ2) is 6.89. The van der Waals surface area contributed by atoms with Crippen LogP contribution in [0.1, 0.15) is 18.1 Å². The molecular formula is C15H24N2O2. The van der Waals surface area contributed by atoms with Crippen LogP contribution in [0.2, 0.25) is 0 Å². The quantitative estimate of drug-likeness (QED) is 0.812. The van der Waals surface area contributed by atoms with Gasteiger partial charge in [0.1, 0.15) is 5.75 Å². The van der Waals surface area contributed by atoms with Gasteiger partial charge in [0.15, 0.2) is 0 Å². The molecule has 2 unspecified atom stereocenters. The molecule has 1 aliphatic heterocycles. The summed E-state index contributed by atoms with van der Waals surface area (Å²) >= 11 is 0. The van der Waals surface area contributed by atoms with E-state index in [-0.39, 0.29) is 0 Å². The van der Waals surface area contributed by atoms with Crippen LogP contribution in [-0.4, -0.2) is 50.3 Å². The zero-order valence-electron chi connectivity index (χ0n) is 11.8. The lowest BCUT2D eigenvalue weighted by Crippen LogP contribution is -2.28. The predicted octanol–water partition coefficient (Wildman–Crippen LogP) is 1.27. The summed E-state index contributed by atoms with van der Waals surface area (Å²) in [6.07, 6.45) is 0.798. The molecule has 4 heteroatoms. The molecular weight excluding hydrogens is 240 g/mol. The van der Waals surface area contributed by atoms with Crippen LogP contribution < -0.4 is 10.1 Å². The molecule has 0 aliphatic carbocycles. The first-order chi connectivity index (χ1) is 9.19. The van der Waals surface area contributed by atoms with Gasteiger partial charge in [-0.25, -0.2) is 0 Å². The average molecular weight is 264 g/mol. The van der Waals surface area contributed by atoms with Crippen molar-refractivity contribution in [1.82, 2.24) is 10.2 Å². The van der Waals surface area contributed by atoms with Gasteiger partial charge in [0, 0.05) is 13.1 Å². The van der Waals surface area contributed by atoms with Gasteiger partial charge in [0.25, 0.3) is 0 Å². The summed E-state index contributed by atoms with van der Waals surface area (Å²) in [5.41, 5.74) is 0.928. The van der Waals surface area contributed by atoms with Crippen LogP contribution in [0.25, 0.3) is 0 Å². The number of rotatable bonds is 6. The van der Waals surface area contributed by atoms with E-state index in [0.29, 0.717) is 12.5 Å². The van der Waals surface area contributed by atoms with Gasteiger partial charge < -0.3 is 20.1 Å². The Balaban J connectivity index is 1.72. The minimum Gasteiger partial charge on any atom is -0.497 e. The Morgan fingerprint density at radius 1 is 1.42 bits per heavy atom. The molecule has 106 valence electrons. The molecule has 19 heavy (non-hydrogen) atoms. The summed E-state index contributed by atoms with van der Waals surface area (Å²) in [5, 5.41) is 13.5. The third-order valence-electron chi connectivity index (χ3n) is 3.76. The van der Waals surface area contributed by atoms with Crippen molar-refractivity contribution < 1.29 is 9.84 Å². The molecule has 0 saturated carbocycles. The van der Waals surface area contributed by atoms with E-state index in [4.69, 9.17) is 4.74 Å². The van der Waals surface area contributed by atoms with Gasteiger partial charge in [0.2, 0.25) is 0 Å². The lowest BCUT2D eigenvalue weighted by molar-refractivity contribution is 0.172. The zero-order valence-corrected chi connectivity index (χ0v) is 11.8. The van der Waals surface area contributed by atoms with Gasteiger partial charge in [-0.3, -0.25) is 0 Å². The van der Waals surface area contributed by atoms with E-state index in [9.17, 15) is 5.11 Å². The third-order valence-corrected chi connectivity index (χ3v) is 3.76. The molecule has 1 fully saturated rings. The van der Waals surface area contributed by atoms with Gasteiger partial charge in [-0.1, -0.05) is 12.1 Å². The number of benzene rings is 1. The molecule has 0 amide bonds. The summed E-state index contributed by atoms with van der Waals surface area (Å²) in [7, 11) is 3.80. The number of hydrogen-bond acceptors (Lipinski definition) is 4. The zero-order chi connectivity index (χ0) is 13.7. The molecule has 1 aromatic rings. The molecule has 1 heterocycles. The van der Waals surface area contributed by atoms with Crippen LogP contribution in [0.3, 0.4) is 0 Å². The van der Waals surface area contributed by atoms with Crippen molar-refractivity contribution in [2.45, 2.75) is 12.5 Å². The summed E-state index contributed by atoms with van der Waals surface area (Å²) in [6, 6.07) is 7.58. The fourth-order valence-corrected chi connectivity index (χ4v) is 2.56. The first-order valence-corrected chi connectivity index (χ1v) is 6.90. The van der Waals surface area contributed by atoms with E-state index in [0.717, 1.165) is 24.4 Å². The minimum atomic E-state index is -0.454. The van der Waals surface area contributed by atoms with Crippen LogP contribution in [0.15, 0.2) is 24.3 Å². The van der Waals surface area contributed by atoms with Crippen molar-refractivity contribution in [3.05, 3.63) is 29.8 Å². The summed E-state index contributed by atoms with van der Waals surface area (Å²) in [5.74, 6) is 1.53. The van der Waals surface area contributed by atoms with E-state index in [1.807, 2.05) is 24.3 Å². The minimum absolute atomic E-state index is 0.454. The molecule has 2 rings (SSSR count). The van der Waals surface area contributed by atoms with Crippen molar-refractivity contribution in [2.24, 2.45) is 5.92 Å². The number of aliphatic hydroxyl groups is 1. The van der Waals surface area contributed by atoms with E-state index in [1.165, 1.54) is 13.0 Å². The van der Waals surface area contributed by atoms with Crippen LogP contribution in [0, 0.1) is 5.92 Å². The van der Waals surface area contributed by atoms with Gasteiger partial charge in [-0.05, 0) is 50.2 Å². The molecule has 0 aromatic heterocycles. The highest BCUT2D eigenvalue weighted by molar-refractivity contribution is 5.28. The van der Waals surface area contributed by atoms with Crippen molar-refractivity contribution in [2.75, 3.05) is 40.3 Å².